The van der Waals surface area contributed by atoms with Crippen molar-refractivity contribution in [2.45, 2.75) is 62.2 Å². The molecule has 6 nitrogen and oxygen atoms in total. The van der Waals surface area contributed by atoms with Crippen LogP contribution >= 0.6 is 11.6 Å². The molecule has 1 heterocycles. The van der Waals surface area contributed by atoms with E-state index in [9.17, 15) is 30.8 Å². The maximum absolute atomic E-state index is 14.1. The highest BCUT2D eigenvalue weighted by Gasteiger charge is 2.46. The van der Waals surface area contributed by atoms with Gasteiger partial charge in [-0.15, -0.1) is 0 Å². The summed E-state index contributed by atoms with van der Waals surface area (Å²) in [4.78, 5) is 20.1. The molecule has 12 heteroatoms. The summed E-state index contributed by atoms with van der Waals surface area (Å²) in [6.07, 6.45) is -1.98. The van der Waals surface area contributed by atoms with Gasteiger partial charge in [-0.3, -0.25) is 9.78 Å². The van der Waals surface area contributed by atoms with Crippen molar-refractivity contribution >= 4 is 33.2 Å². The maximum atomic E-state index is 14.1. The molecule has 1 aromatic heterocycles. The third-order valence-electron chi connectivity index (χ3n) is 8.56. The summed E-state index contributed by atoms with van der Waals surface area (Å²) in [5, 5.41) is -0.303. The summed E-state index contributed by atoms with van der Waals surface area (Å²) in [6, 6.07) is 18.6. The van der Waals surface area contributed by atoms with Crippen LogP contribution in [0.15, 0.2) is 83.8 Å². The van der Waals surface area contributed by atoms with Gasteiger partial charge in [0.25, 0.3) is 0 Å². The van der Waals surface area contributed by atoms with Gasteiger partial charge in [-0.1, -0.05) is 35.9 Å². The molecule has 6 rings (SSSR count). The van der Waals surface area contributed by atoms with Crippen molar-refractivity contribution in [3.05, 3.63) is 123 Å². The zero-order valence-corrected chi connectivity index (χ0v) is 26.3. The number of benzene rings is 3. The summed E-state index contributed by atoms with van der Waals surface area (Å²) in [5.41, 5.74) is 3.58. The molecule has 0 spiro atoms. The van der Waals surface area contributed by atoms with E-state index in [0.717, 1.165) is 60.0 Å². The molecule has 4 aromatic rings. The van der Waals surface area contributed by atoms with E-state index in [2.05, 4.69) is 9.71 Å². The van der Waals surface area contributed by atoms with E-state index in [1.54, 1.807) is 4.90 Å². The van der Waals surface area contributed by atoms with Crippen molar-refractivity contribution in [1.29, 1.82) is 0 Å². The van der Waals surface area contributed by atoms with E-state index < -0.39 is 39.5 Å². The lowest BCUT2D eigenvalue weighted by Gasteiger charge is -2.29. The first-order chi connectivity index (χ1) is 21.8. The van der Waals surface area contributed by atoms with Crippen molar-refractivity contribution in [2.24, 2.45) is 5.92 Å². The predicted molar refractivity (Wildman–Crippen MR) is 166 cm³/mol. The van der Waals surface area contributed by atoms with Gasteiger partial charge < -0.3 is 4.90 Å². The van der Waals surface area contributed by atoms with Crippen molar-refractivity contribution in [1.82, 2.24) is 9.71 Å². The van der Waals surface area contributed by atoms with Crippen LogP contribution in [0.5, 0.6) is 0 Å². The molecule has 1 amide bonds. The van der Waals surface area contributed by atoms with Crippen LogP contribution in [0.2, 0.25) is 5.02 Å². The normalized spacial score (nSPS) is 19.4. The third kappa shape index (κ3) is 6.82. The predicted octanol–water partition coefficient (Wildman–Crippen LogP) is 7.89. The number of aromatic nitrogens is 1. The minimum Gasteiger partial charge on any atom is -0.306 e. The summed E-state index contributed by atoms with van der Waals surface area (Å²) >= 11 is 5.86. The average Bonchev–Trinajstić information content (AvgIpc) is 3.82. The van der Waals surface area contributed by atoms with Crippen LogP contribution in [0.4, 0.5) is 23.2 Å². The SMILES string of the molecule is Cc1cccc(CN(C(=O)[C@@H]2C[C@@H]2c2ccc(C(F)(F)F)cc2)c2ccc3c(c2)[C@@H](NS(=O)(=O)c2ccc(F)c(Cl)c2)CCC3)n1. The van der Waals surface area contributed by atoms with Crippen LogP contribution in [0.3, 0.4) is 0 Å². The minimum absolute atomic E-state index is 0.153. The molecule has 2 aliphatic carbocycles. The first-order valence-electron chi connectivity index (χ1n) is 14.8. The van der Waals surface area contributed by atoms with Crippen molar-refractivity contribution in [3.63, 3.8) is 0 Å². The van der Waals surface area contributed by atoms with E-state index in [4.69, 9.17) is 11.6 Å². The lowest BCUT2D eigenvalue weighted by Crippen LogP contribution is -2.34. The molecule has 0 radical (unpaired) electrons. The molecule has 0 bridgehead atoms. The molecule has 0 saturated heterocycles. The Morgan fingerprint density at radius 2 is 1.80 bits per heavy atom. The molecule has 0 aliphatic heterocycles. The summed E-state index contributed by atoms with van der Waals surface area (Å²) in [7, 11) is -4.06. The largest absolute Gasteiger partial charge is 0.416 e. The number of rotatable bonds is 8. The highest BCUT2D eigenvalue weighted by molar-refractivity contribution is 7.89. The van der Waals surface area contributed by atoms with Crippen LogP contribution in [-0.4, -0.2) is 19.3 Å². The second kappa shape index (κ2) is 12.4. The summed E-state index contributed by atoms with van der Waals surface area (Å²) in [5.74, 6) is -1.57. The maximum Gasteiger partial charge on any atom is 0.416 e. The van der Waals surface area contributed by atoms with Crippen LogP contribution in [0, 0.1) is 18.7 Å². The molecular formula is C34H30ClF4N3O3S. The quantitative estimate of drug-likeness (QED) is 0.193. The number of fused-ring (bicyclic) bond motifs is 1. The number of nitrogens with one attached hydrogen (secondary N) is 1. The molecule has 1 saturated carbocycles. The third-order valence-corrected chi connectivity index (χ3v) is 10.3. The van der Waals surface area contributed by atoms with E-state index in [-0.39, 0.29) is 28.3 Å². The molecule has 240 valence electrons. The second-order valence-electron chi connectivity index (χ2n) is 11.8. The molecule has 3 atom stereocenters. The number of alkyl halides is 3. The zero-order chi connectivity index (χ0) is 32.8. The zero-order valence-electron chi connectivity index (χ0n) is 24.7. The van der Waals surface area contributed by atoms with Gasteiger partial charge in [0, 0.05) is 23.3 Å². The summed E-state index contributed by atoms with van der Waals surface area (Å²) < 4.78 is 82.4. The van der Waals surface area contributed by atoms with Gasteiger partial charge in [0.15, 0.2) is 0 Å². The van der Waals surface area contributed by atoms with Crippen LogP contribution in [-0.2, 0) is 34.0 Å². The van der Waals surface area contributed by atoms with Crippen LogP contribution in [0.1, 0.15) is 64.9 Å². The second-order valence-corrected chi connectivity index (χ2v) is 13.9. The highest BCUT2D eigenvalue weighted by Crippen LogP contribution is 2.49. The average molecular weight is 672 g/mol. The Morgan fingerprint density at radius 3 is 2.50 bits per heavy atom. The molecule has 46 heavy (non-hydrogen) atoms. The van der Waals surface area contributed by atoms with Gasteiger partial charge in [0.1, 0.15) is 5.82 Å². The van der Waals surface area contributed by atoms with E-state index >= 15 is 0 Å². The van der Waals surface area contributed by atoms with Crippen molar-refractivity contribution in [3.8, 4) is 0 Å². The number of nitrogens with zero attached hydrogens (tertiary/aromatic N) is 2. The fraction of sp³-hybridized carbons (Fsp3) is 0.294. The van der Waals surface area contributed by atoms with Gasteiger partial charge in [0.2, 0.25) is 15.9 Å². The van der Waals surface area contributed by atoms with E-state index in [0.29, 0.717) is 29.8 Å². The van der Waals surface area contributed by atoms with Gasteiger partial charge >= 0.3 is 6.18 Å². The monoisotopic (exact) mass is 671 g/mol. The van der Waals surface area contributed by atoms with Crippen molar-refractivity contribution in [2.75, 3.05) is 4.90 Å². The summed E-state index contributed by atoms with van der Waals surface area (Å²) in [6.45, 7) is 2.00. The lowest BCUT2D eigenvalue weighted by atomic mass is 9.87. The Bertz CT molecular complexity index is 1900. The Hall–Kier alpha value is -3.80. The number of amides is 1. The standard InChI is InChI=1S/C34H30ClF4N3O3S/c1-20-4-2-6-24(40-20)19-42(33(43)29-18-27(29)22-8-11-23(12-9-22)34(37,38)39)25-13-10-21-5-3-7-32(28(21)16-25)41-46(44,45)26-14-15-31(36)30(35)17-26/h2,4,6,8-17,27,29,32,41H,3,5,7,18-19H2,1H3/t27-,29-,32+/m1/s1. The topological polar surface area (TPSA) is 79.4 Å². The fourth-order valence-electron chi connectivity index (χ4n) is 6.08. The van der Waals surface area contributed by atoms with Crippen molar-refractivity contribution < 1.29 is 30.8 Å². The first kappa shape index (κ1) is 32.2. The number of hydrogen-bond donors (Lipinski definition) is 1. The molecule has 3 aromatic carbocycles. The molecular weight excluding hydrogens is 642 g/mol. The van der Waals surface area contributed by atoms with Gasteiger partial charge in [-0.2, -0.15) is 13.2 Å². The number of pyridine rings is 1. The number of hydrogen-bond acceptors (Lipinski definition) is 4. The highest BCUT2D eigenvalue weighted by atomic mass is 35.5. The van der Waals surface area contributed by atoms with Gasteiger partial charge in [0.05, 0.1) is 27.7 Å². The number of carbonyl (C=O) groups is 1. The molecule has 1 fully saturated rings. The smallest absolute Gasteiger partial charge is 0.306 e. The fourth-order valence-corrected chi connectivity index (χ4v) is 7.60. The Balaban J connectivity index is 1.30. The lowest BCUT2D eigenvalue weighted by molar-refractivity contribution is -0.137. The van der Waals surface area contributed by atoms with E-state index in [1.807, 2.05) is 43.3 Å². The van der Waals surface area contributed by atoms with Gasteiger partial charge in [-0.25, -0.2) is 17.5 Å². The number of aryl methyl sites for hydroxylation is 2. The Morgan fingerprint density at radius 1 is 1.04 bits per heavy atom. The molecule has 0 unspecified atom stereocenters. The van der Waals surface area contributed by atoms with Crippen LogP contribution < -0.4 is 9.62 Å². The minimum atomic E-state index is -4.44. The Kier molecular flexibility index (Phi) is 8.69. The molecule has 2 aliphatic rings. The van der Waals surface area contributed by atoms with Crippen LogP contribution in [0.25, 0.3) is 0 Å². The van der Waals surface area contributed by atoms with E-state index in [1.165, 1.54) is 12.1 Å². The molecule has 1 N–H and O–H groups in total. The number of carbonyl (C=O) groups excluding carboxylic acids is 1. The Labute approximate surface area is 269 Å². The number of sulfonamides is 1. The number of halogens is 5. The number of anilines is 1. The van der Waals surface area contributed by atoms with Gasteiger partial charge in [-0.05, 0) is 110 Å². The first-order valence-corrected chi connectivity index (χ1v) is 16.7.